The average Bonchev–Trinajstić information content (AvgIpc) is 3.60. The van der Waals surface area contributed by atoms with E-state index < -0.39 is 0 Å². The zero-order valence-corrected chi connectivity index (χ0v) is 15.7. The van der Waals surface area contributed by atoms with Gasteiger partial charge in [-0.05, 0) is 62.3 Å². The molecule has 0 aliphatic heterocycles. The maximum absolute atomic E-state index is 12.6. The number of fused-ring (bicyclic) bond motifs is 1. The number of benzene rings is 1. The molecule has 3 aliphatic rings. The van der Waals surface area contributed by atoms with E-state index in [2.05, 4.69) is 44.7 Å². The van der Waals surface area contributed by atoms with Gasteiger partial charge >= 0.3 is 6.03 Å². The molecule has 142 valence electrons. The molecule has 2 saturated carbocycles. The summed E-state index contributed by atoms with van der Waals surface area (Å²) in [6.07, 6.45) is 10.2. The molecule has 27 heavy (non-hydrogen) atoms. The van der Waals surface area contributed by atoms with Crippen molar-refractivity contribution >= 4 is 6.03 Å². The minimum absolute atomic E-state index is 0.00691. The van der Waals surface area contributed by atoms with Gasteiger partial charge in [-0.15, -0.1) is 0 Å². The van der Waals surface area contributed by atoms with Crippen molar-refractivity contribution in [2.24, 2.45) is 11.8 Å². The fraction of sp³-hybridized carbons (Fsp3) is 0.545. The quantitative estimate of drug-likeness (QED) is 0.819. The molecule has 2 amide bonds. The van der Waals surface area contributed by atoms with Crippen molar-refractivity contribution in [3.8, 4) is 0 Å². The Morgan fingerprint density at radius 3 is 2.56 bits per heavy atom. The number of rotatable bonds is 6. The topological polar surface area (TPSA) is 59.0 Å². The van der Waals surface area contributed by atoms with E-state index in [0.717, 1.165) is 37.6 Å². The van der Waals surface area contributed by atoms with Crippen LogP contribution in [0.2, 0.25) is 0 Å². The van der Waals surface area contributed by atoms with Crippen LogP contribution >= 0.6 is 0 Å². The maximum Gasteiger partial charge on any atom is 0.315 e. The van der Waals surface area contributed by atoms with E-state index in [1.807, 2.05) is 12.3 Å². The lowest BCUT2D eigenvalue weighted by Gasteiger charge is -2.26. The van der Waals surface area contributed by atoms with Gasteiger partial charge in [0.15, 0.2) is 0 Å². The van der Waals surface area contributed by atoms with Gasteiger partial charge in [0.2, 0.25) is 0 Å². The fourth-order valence-electron chi connectivity index (χ4n) is 4.54. The molecular weight excluding hydrogens is 336 g/mol. The van der Waals surface area contributed by atoms with Crippen molar-refractivity contribution in [2.75, 3.05) is 0 Å². The van der Waals surface area contributed by atoms with Crippen LogP contribution in [0.25, 0.3) is 0 Å². The molecule has 2 aromatic rings. The third-order valence-electron chi connectivity index (χ3n) is 6.30. The number of amides is 2. The van der Waals surface area contributed by atoms with Crippen molar-refractivity contribution in [3.63, 3.8) is 0 Å². The van der Waals surface area contributed by atoms with E-state index in [0.29, 0.717) is 6.04 Å². The molecule has 0 bridgehead atoms. The number of nitrogens with one attached hydrogen (secondary N) is 2. The van der Waals surface area contributed by atoms with Crippen LogP contribution in [-0.4, -0.2) is 21.9 Å². The molecule has 1 atom stereocenters. The van der Waals surface area contributed by atoms with Gasteiger partial charge in [-0.25, -0.2) is 4.79 Å². The summed E-state index contributed by atoms with van der Waals surface area (Å²) in [4.78, 5) is 12.6. The minimum Gasteiger partial charge on any atom is -0.335 e. The van der Waals surface area contributed by atoms with Crippen molar-refractivity contribution in [1.29, 1.82) is 0 Å². The van der Waals surface area contributed by atoms with Crippen molar-refractivity contribution < 1.29 is 4.79 Å². The SMILES string of the molecule is O=C(NC(C1CC1)C1CC1)N[C@@H]1CCCc2c1cnn2Cc1ccccc1. The third kappa shape index (κ3) is 3.73. The molecule has 1 aromatic carbocycles. The summed E-state index contributed by atoms with van der Waals surface area (Å²) in [7, 11) is 0. The molecule has 0 spiro atoms. The number of aromatic nitrogens is 2. The lowest BCUT2D eigenvalue weighted by atomic mass is 9.93. The first-order valence-corrected chi connectivity index (χ1v) is 10.4. The molecule has 2 N–H and O–H groups in total. The number of carbonyl (C=O) groups excluding carboxylic acids is 1. The monoisotopic (exact) mass is 364 g/mol. The van der Waals surface area contributed by atoms with Crippen LogP contribution in [0.15, 0.2) is 36.5 Å². The van der Waals surface area contributed by atoms with Crippen LogP contribution < -0.4 is 10.6 Å². The molecule has 5 nitrogen and oxygen atoms in total. The average molecular weight is 364 g/mol. The lowest BCUT2D eigenvalue weighted by Crippen LogP contribution is -2.45. The normalized spacial score (nSPS) is 21.7. The summed E-state index contributed by atoms with van der Waals surface area (Å²) >= 11 is 0. The van der Waals surface area contributed by atoms with Crippen molar-refractivity contribution in [3.05, 3.63) is 53.3 Å². The number of nitrogens with zero attached hydrogens (tertiary/aromatic N) is 2. The Hall–Kier alpha value is -2.30. The predicted octanol–water partition coefficient (Wildman–Crippen LogP) is 3.80. The number of hydrogen-bond donors (Lipinski definition) is 2. The highest BCUT2D eigenvalue weighted by molar-refractivity contribution is 5.75. The van der Waals surface area contributed by atoms with E-state index >= 15 is 0 Å². The van der Waals surface area contributed by atoms with E-state index in [1.54, 1.807) is 0 Å². The van der Waals surface area contributed by atoms with E-state index in [4.69, 9.17) is 0 Å². The molecule has 5 rings (SSSR count). The van der Waals surface area contributed by atoms with Crippen molar-refractivity contribution in [2.45, 2.75) is 63.6 Å². The first-order chi connectivity index (χ1) is 13.3. The summed E-state index contributed by atoms with van der Waals surface area (Å²) in [5.41, 5.74) is 3.73. The van der Waals surface area contributed by atoms with Gasteiger partial charge in [0, 0.05) is 17.3 Å². The summed E-state index contributed by atoms with van der Waals surface area (Å²) in [6.45, 7) is 0.792. The molecule has 1 aromatic heterocycles. The van der Waals surface area contributed by atoms with Crippen LogP contribution in [0.1, 0.15) is 61.4 Å². The highest BCUT2D eigenvalue weighted by Crippen LogP contribution is 2.44. The summed E-state index contributed by atoms with van der Waals surface area (Å²) in [5.74, 6) is 1.44. The first kappa shape index (κ1) is 16.8. The first-order valence-electron chi connectivity index (χ1n) is 10.4. The van der Waals surface area contributed by atoms with E-state index in [-0.39, 0.29) is 12.1 Å². The highest BCUT2D eigenvalue weighted by atomic mass is 16.2. The summed E-state index contributed by atoms with van der Waals surface area (Å²) in [6, 6.07) is 10.9. The summed E-state index contributed by atoms with van der Waals surface area (Å²) in [5, 5.41) is 11.2. The summed E-state index contributed by atoms with van der Waals surface area (Å²) < 4.78 is 2.10. The van der Waals surface area contributed by atoms with Gasteiger partial charge in [-0.2, -0.15) is 5.10 Å². The Bertz CT molecular complexity index is 795. The smallest absolute Gasteiger partial charge is 0.315 e. The van der Waals surface area contributed by atoms with Gasteiger partial charge < -0.3 is 10.6 Å². The van der Waals surface area contributed by atoms with Crippen molar-refractivity contribution in [1.82, 2.24) is 20.4 Å². The number of hydrogen-bond acceptors (Lipinski definition) is 2. The van der Waals surface area contributed by atoms with Gasteiger partial charge in [0.25, 0.3) is 0 Å². The molecule has 3 aliphatic carbocycles. The molecule has 0 saturated heterocycles. The number of carbonyl (C=O) groups is 1. The lowest BCUT2D eigenvalue weighted by molar-refractivity contribution is 0.228. The Kier molecular flexibility index (Phi) is 4.38. The molecule has 5 heteroatoms. The standard InChI is InChI=1S/C22H28N4O/c27-22(25-21(16-9-10-16)17-11-12-17)24-19-7-4-8-20-18(19)13-23-26(20)14-15-5-2-1-3-6-15/h1-3,5-6,13,16-17,19,21H,4,7-12,14H2,(H2,24,25,27)/t19-/m1/s1. The third-order valence-corrected chi connectivity index (χ3v) is 6.30. The van der Waals surface area contributed by atoms with Crippen LogP contribution in [0.3, 0.4) is 0 Å². The van der Waals surface area contributed by atoms with Gasteiger partial charge in [-0.1, -0.05) is 30.3 Å². The highest BCUT2D eigenvalue weighted by Gasteiger charge is 2.42. The minimum atomic E-state index is 0.00691. The molecule has 0 radical (unpaired) electrons. The molecule has 2 fully saturated rings. The molecule has 0 unspecified atom stereocenters. The van der Waals surface area contributed by atoms with Gasteiger partial charge in [0.1, 0.15) is 0 Å². The second-order valence-corrected chi connectivity index (χ2v) is 8.45. The Morgan fingerprint density at radius 2 is 1.85 bits per heavy atom. The van der Waals surface area contributed by atoms with E-state index in [1.165, 1.54) is 42.5 Å². The molecular formula is C22H28N4O. The Balaban J connectivity index is 1.26. The van der Waals surface area contributed by atoms with E-state index in [9.17, 15) is 4.79 Å². The Labute approximate surface area is 160 Å². The second kappa shape index (κ2) is 7.02. The fourth-order valence-corrected chi connectivity index (χ4v) is 4.54. The number of urea groups is 1. The largest absolute Gasteiger partial charge is 0.335 e. The Morgan fingerprint density at radius 1 is 1.11 bits per heavy atom. The zero-order chi connectivity index (χ0) is 18.2. The van der Waals surface area contributed by atoms with Gasteiger partial charge in [-0.3, -0.25) is 4.68 Å². The van der Waals surface area contributed by atoms with Gasteiger partial charge in [0.05, 0.1) is 18.8 Å². The molecule has 1 heterocycles. The second-order valence-electron chi connectivity index (χ2n) is 8.45. The van der Waals surface area contributed by atoms with Crippen LogP contribution in [0, 0.1) is 11.8 Å². The van der Waals surface area contributed by atoms with Crippen LogP contribution in [-0.2, 0) is 13.0 Å². The van der Waals surface area contributed by atoms with Crippen LogP contribution in [0.5, 0.6) is 0 Å². The van der Waals surface area contributed by atoms with Crippen LogP contribution in [0.4, 0.5) is 4.79 Å². The predicted molar refractivity (Wildman–Crippen MR) is 104 cm³/mol. The maximum atomic E-state index is 12.6. The zero-order valence-electron chi connectivity index (χ0n) is 15.7.